The van der Waals surface area contributed by atoms with Gasteiger partial charge in [-0.3, -0.25) is 4.57 Å². The van der Waals surface area contributed by atoms with Gasteiger partial charge in [0.1, 0.15) is 11.9 Å². The van der Waals surface area contributed by atoms with Crippen molar-refractivity contribution in [1.82, 2.24) is 0 Å². The second kappa shape index (κ2) is 3.94. The molecule has 0 aliphatic rings. The number of nitrogens with zero attached hydrogens (tertiary/aromatic N) is 1. The van der Waals surface area contributed by atoms with Gasteiger partial charge in [0.05, 0.1) is 11.7 Å². The molecule has 0 bridgehead atoms. The number of hydrogen-bond acceptors (Lipinski definition) is 2. The fourth-order valence-corrected chi connectivity index (χ4v) is 1.17. The normalized spacial score (nSPS) is 9.67. The largest absolute Gasteiger partial charge is 0.275 e. The van der Waals surface area contributed by atoms with E-state index in [1.54, 1.807) is 12.1 Å². The molecule has 1 aromatic carbocycles. The lowest BCUT2D eigenvalue weighted by Crippen LogP contribution is -1.85. The van der Waals surface area contributed by atoms with Crippen molar-refractivity contribution in [3.05, 3.63) is 35.1 Å². The molecule has 4 heteroatoms. The van der Waals surface area contributed by atoms with Crippen LogP contribution in [-0.2, 0) is 10.7 Å². The number of hydrogen-bond donors (Lipinski definition) is 0. The molecule has 0 fully saturated rings. The molecular formula is C8H5FNOP. The third-order valence-corrected chi connectivity index (χ3v) is 1.90. The third kappa shape index (κ3) is 1.87. The maximum atomic E-state index is 12.8. The zero-order chi connectivity index (χ0) is 8.97. The molecule has 0 aromatic heterocycles. The van der Waals surface area contributed by atoms with Crippen molar-refractivity contribution in [2.75, 3.05) is 0 Å². The second-order valence-corrected chi connectivity index (χ2v) is 2.79. The van der Waals surface area contributed by atoms with Crippen molar-refractivity contribution >= 4 is 8.46 Å². The van der Waals surface area contributed by atoms with Gasteiger partial charge in [-0.2, -0.15) is 5.26 Å². The van der Waals surface area contributed by atoms with E-state index in [0.717, 1.165) is 0 Å². The Bertz CT molecular complexity index is 345. The van der Waals surface area contributed by atoms with Crippen molar-refractivity contribution in [2.45, 2.75) is 6.16 Å². The predicted octanol–water partition coefficient (Wildman–Crippen LogP) is 2.49. The van der Waals surface area contributed by atoms with E-state index in [-0.39, 0.29) is 20.2 Å². The zero-order valence-electron chi connectivity index (χ0n) is 6.12. The van der Waals surface area contributed by atoms with Crippen molar-refractivity contribution in [3.63, 3.8) is 0 Å². The highest BCUT2D eigenvalue weighted by molar-refractivity contribution is 7.22. The molecule has 0 atom stereocenters. The van der Waals surface area contributed by atoms with Crippen LogP contribution in [0.15, 0.2) is 18.2 Å². The number of rotatable bonds is 2. The first-order chi connectivity index (χ1) is 5.77. The number of benzene rings is 1. The SMILES string of the molecule is N#Cc1ccc(CP=O)cc1F. The summed E-state index contributed by atoms with van der Waals surface area (Å²) >= 11 is 0. The van der Waals surface area contributed by atoms with Gasteiger partial charge in [0, 0.05) is 0 Å². The minimum atomic E-state index is -0.557. The Hall–Kier alpha value is -1.26. The molecule has 1 aromatic rings. The van der Waals surface area contributed by atoms with Crippen LogP contribution in [0.3, 0.4) is 0 Å². The highest BCUT2D eigenvalue weighted by Gasteiger charge is 2.01. The minimum absolute atomic E-state index is 0.0151. The summed E-state index contributed by atoms with van der Waals surface area (Å²) in [6.45, 7) is 0. The maximum absolute atomic E-state index is 12.8. The van der Waals surface area contributed by atoms with Crippen molar-refractivity contribution in [1.29, 1.82) is 5.26 Å². The Morgan fingerprint density at radius 2 is 2.33 bits per heavy atom. The van der Waals surface area contributed by atoms with Crippen LogP contribution >= 0.6 is 8.46 Å². The van der Waals surface area contributed by atoms with Gasteiger partial charge in [-0.1, -0.05) is 6.07 Å². The van der Waals surface area contributed by atoms with E-state index in [4.69, 9.17) is 5.26 Å². The van der Waals surface area contributed by atoms with Crippen molar-refractivity contribution in [2.24, 2.45) is 0 Å². The van der Waals surface area contributed by atoms with Crippen LogP contribution < -0.4 is 0 Å². The summed E-state index contributed by atoms with van der Waals surface area (Å²) in [4.78, 5) is 0. The molecular weight excluding hydrogens is 176 g/mol. The van der Waals surface area contributed by atoms with E-state index in [0.29, 0.717) is 5.56 Å². The molecule has 0 unspecified atom stereocenters. The molecule has 0 saturated heterocycles. The van der Waals surface area contributed by atoms with E-state index in [2.05, 4.69) is 0 Å². The van der Waals surface area contributed by atoms with Crippen molar-refractivity contribution in [3.8, 4) is 6.07 Å². The van der Waals surface area contributed by atoms with Gasteiger partial charge in [-0.15, -0.1) is 0 Å². The van der Waals surface area contributed by atoms with Gasteiger partial charge >= 0.3 is 0 Å². The van der Waals surface area contributed by atoms with E-state index >= 15 is 0 Å². The summed E-state index contributed by atoms with van der Waals surface area (Å²) < 4.78 is 23.0. The second-order valence-electron chi connectivity index (χ2n) is 2.21. The lowest BCUT2D eigenvalue weighted by molar-refractivity contribution is 0.598. The summed E-state index contributed by atoms with van der Waals surface area (Å²) in [5.74, 6) is -0.557. The standard InChI is InChI=1S/C8H5FNOP/c9-8-3-6(5-12-11)1-2-7(8)4-10/h1-3H,5H2. The van der Waals surface area contributed by atoms with Crippen LogP contribution in [-0.4, -0.2) is 0 Å². The molecule has 0 radical (unpaired) electrons. The fraction of sp³-hybridized carbons (Fsp3) is 0.125. The molecule has 0 saturated carbocycles. The molecule has 1 rings (SSSR count). The molecule has 60 valence electrons. The Balaban J connectivity index is 3.03. The van der Waals surface area contributed by atoms with Crippen LogP contribution in [0, 0.1) is 17.1 Å². The molecule has 0 spiro atoms. The molecule has 0 N–H and O–H groups in total. The first-order valence-electron chi connectivity index (χ1n) is 3.25. The topological polar surface area (TPSA) is 40.9 Å². The molecule has 0 heterocycles. The summed E-state index contributed by atoms with van der Waals surface area (Å²) in [6.07, 6.45) is 0.280. The summed E-state index contributed by atoms with van der Waals surface area (Å²) in [6, 6.07) is 5.91. The summed E-state index contributed by atoms with van der Waals surface area (Å²) in [5, 5.41) is 8.39. The smallest absolute Gasteiger partial charge is 0.160 e. The van der Waals surface area contributed by atoms with Crippen LogP contribution in [0.5, 0.6) is 0 Å². The van der Waals surface area contributed by atoms with Crippen molar-refractivity contribution < 1.29 is 8.96 Å². The zero-order valence-corrected chi connectivity index (χ0v) is 7.01. The molecule has 0 aliphatic carbocycles. The van der Waals surface area contributed by atoms with Crippen LogP contribution in [0.4, 0.5) is 4.39 Å². The summed E-state index contributed by atoms with van der Waals surface area (Å²) in [7, 11) is -0.0466. The third-order valence-electron chi connectivity index (χ3n) is 1.40. The fourth-order valence-electron chi connectivity index (χ4n) is 0.822. The van der Waals surface area contributed by atoms with Crippen LogP contribution in [0.2, 0.25) is 0 Å². The van der Waals surface area contributed by atoms with E-state index in [1.807, 2.05) is 0 Å². The van der Waals surface area contributed by atoms with E-state index in [9.17, 15) is 8.96 Å². The first-order valence-corrected chi connectivity index (χ1v) is 4.25. The average Bonchev–Trinajstić information content (AvgIpc) is 2.05. The molecule has 2 nitrogen and oxygen atoms in total. The van der Waals surface area contributed by atoms with Gasteiger partial charge in [-0.05, 0) is 17.7 Å². The molecule has 0 amide bonds. The highest BCUT2D eigenvalue weighted by atomic mass is 31.1. The predicted molar refractivity (Wildman–Crippen MR) is 42.4 cm³/mol. The van der Waals surface area contributed by atoms with Gasteiger partial charge in [-0.25, -0.2) is 4.39 Å². The van der Waals surface area contributed by atoms with Gasteiger partial charge in [0.25, 0.3) is 0 Å². The lowest BCUT2D eigenvalue weighted by atomic mass is 10.1. The maximum Gasteiger partial charge on any atom is 0.160 e. The molecule has 0 aliphatic heterocycles. The minimum Gasteiger partial charge on any atom is -0.275 e. The average molecular weight is 181 g/mol. The Labute approximate surface area is 70.8 Å². The number of halogens is 1. The first kappa shape index (κ1) is 8.83. The van der Waals surface area contributed by atoms with E-state index in [1.165, 1.54) is 12.1 Å². The quantitative estimate of drug-likeness (QED) is 0.657. The number of nitriles is 1. The van der Waals surface area contributed by atoms with Crippen LogP contribution in [0.1, 0.15) is 11.1 Å². The van der Waals surface area contributed by atoms with Gasteiger partial charge < -0.3 is 0 Å². The Morgan fingerprint density at radius 3 is 2.83 bits per heavy atom. The lowest BCUT2D eigenvalue weighted by Gasteiger charge is -1.95. The Kier molecular flexibility index (Phi) is 2.90. The highest BCUT2D eigenvalue weighted by Crippen LogP contribution is 2.13. The van der Waals surface area contributed by atoms with Gasteiger partial charge in [0.15, 0.2) is 8.46 Å². The van der Waals surface area contributed by atoms with Gasteiger partial charge in [0.2, 0.25) is 0 Å². The monoisotopic (exact) mass is 181 g/mol. The van der Waals surface area contributed by atoms with Crippen LogP contribution in [0.25, 0.3) is 0 Å². The summed E-state index contributed by atoms with van der Waals surface area (Å²) in [5.41, 5.74) is 0.643. The molecule has 12 heavy (non-hydrogen) atoms. The Morgan fingerprint density at radius 1 is 1.58 bits per heavy atom. The van der Waals surface area contributed by atoms with E-state index < -0.39 is 5.82 Å².